The molecule has 3 aromatic rings. The van der Waals surface area contributed by atoms with Crippen molar-refractivity contribution in [2.45, 2.75) is 19.4 Å². The van der Waals surface area contributed by atoms with Crippen molar-refractivity contribution in [2.75, 3.05) is 7.11 Å². The summed E-state index contributed by atoms with van der Waals surface area (Å²) in [7, 11) is 1.60. The third kappa shape index (κ3) is 5.19. The summed E-state index contributed by atoms with van der Waals surface area (Å²) in [5, 5.41) is 9.91. The molecule has 1 N–H and O–H groups in total. The number of hydrogen-bond donors (Lipinski definition) is 1. The van der Waals surface area contributed by atoms with Crippen LogP contribution in [0.3, 0.4) is 0 Å². The fourth-order valence-electron chi connectivity index (χ4n) is 3.45. The number of carbonyl (C=O) groups is 1. The zero-order valence-corrected chi connectivity index (χ0v) is 18.4. The second-order valence-corrected chi connectivity index (χ2v) is 7.44. The number of rotatable bonds is 6. The molecule has 160 valence electrons. The van der Waals surface area contributed by atoms with Crippen LogP contribution in [0, 0.1) is 0 Å². The standard InChI is InChI=1S/C24H20ClNO4.ClH/c1-29-22-13-16(4-11-21(22)30-14-15-2-8-19(25)9-3-15)12-18-6-5-17-7-10-20(24(27)28)26-23(17)18;/h2-4,7-13H,5-6,14H2,1H3,(H,27,28);1H/b18-12-;. The van der Waals surface area contributed by atoms with Gasteiger partial charge >= 0.3 is 5.97 Å². The molecule has 0 atom stereocenters. The molecule has 0 amide bonds. The molecule has 1 aromatic heterocycles. The Labute approximate surface area is 191 Å². The molecule has 0 aliphatic heterocycles. The minimum atomic E-state index is -1.02. The van der Waals surface area contributed by atoms with Crippen molar-refractivity contribution in [1.29, 1.82) is 0 Å². The smallest absolute Gasteiger partial charge is 0.354 e. The van der Waals surface area contributed by atoms with E-state index in [0.29, 0.717) is 23.1 Å². The van der Waals surface area contributed by atoms with Gasteiger partial charge in [-0.1, -0.05) is 35.9 Å². The third-order valence-electron chi connectivity index (χ3n) is 5.00. The molecule has 5 nitrogen and oxygen atoms in total. The molecule has 0 saturated carbocycles. The van der Waals surface area contributed by atoms with Crippen molar-refractivity contribution < 1.29 is 19.4 Å². The van der Waals surface area contributed by atoms with Crippen LogP contribution in [0.4, 0.5) is 0 Å². The van der Waals surface area contributed by atoms with E-state index in [1.54, 1.807) is 13.2 Å². The predicted molar refractivity (Wildman–Crippen MR) is 123 cm³/mol. The number of allylic oxidation sites excluding steroid dienone is 1. The lowest BCUT2D eigenvalue weighted by Gasteiger charge is -2.12. The van der Waals surface area contributed by atoms with Gasteiger partial charge in [-0.15, -0.1) is 12.4 Å². The summed E-state index contributed by atoms with van der Waals surface area (Å²) in [6.45, 7) is 0.406. The third-order valence-corrected chi connectivity index (χ3v) is 5.25. The van der Waals surface area contributed by atoms with Gasteiger partial charge in [0.2, 0.25) is 0 Å². The van der Waals surface area contributed by atoms with Gasteiger partial charge in [-0.2, -0.15) is 0 Å². The number of ether oxygens (including phenoxy) is 2. The summed E-state index contributed by atoms with van der Waals surface area (Å²) < 4.78 is 11.4. The Morgan fingerprint density at radius 2 is 1.87 bits per heavy atom. The van der Waals surface area contributed by atoms with Gasteiger partial charge < -0.3 is 14.6 Å². The van der Waals surface area contributed by atoms with E-state index in [4.69, 9.17) is 21.1 Å². The molecule has 31 heavy (non-hydrogen) atoms. The Morgan fingerprint density at radius 3 is 2.58 bits per heavy atom. The molecule has 0 unspecified atom stereocenters. The fourth-order valence-corrected chi connectivity index (χ4v) is 3.58. The summed E-state index contributed by atoms with van der Waals surface area (Å²) in [5.41, 5.74) is 4.86. The van der Waals surface area contributed by atoms with E-state index in [0.717, 1.165) is 40.8 Å². The quantitative estimate of drug-likeness (QED) is 0.496. The van der Waals surface area contributed by atoms with Gasteiger partial charge in [0.05, 0.1) is 12.8 Å². The largest absolute Gasteiger partial charge is 0.493 e. The van der Waals surface area contributed by atoms with E-state index in [-0.39, 0.29) is 18.1 Å². The summed E-state index contributed by atoms with van der Waals surface area (Å²) in [6, 6.07) is 16.6. The molecule has 0 bridgehead atoms. The Morgan fingerprint density at radius 1 is 1.10 bits per heavy atom. The van der Waals surface area contributed by atoms with Crippen LogP contribution < -0.4 is 9.47 Å². The van der Waals surface area contributed by atoms with Crippen LogP contribution in [0.15, 0.2) is 54.6 Å². The maximum Gasteiger partial charge on any atom is 0.354 e. The number of benzene rings is 2. The predicted octanol–water partition coefficient (Wildman–Crippen LogP) is 5.93. The van der Waals surface area contributed by atoms with Gasteiger partial charge in [0.15, 0.2) is 11.5 Å². The molecule has 0 spiro atoms. The lowest BCUT2D eigenvalue weighted by molar-refractivity contribution is 0.0690. The molecular weight excluding hydrogens is 437 g/mol. The van der Waals surface area contributed by atoms with Crippen molar-refractivity contribution in [3.05, 3.63) is 87.7 Å². The van der Waals surface area contributed by atoms with Crippen LogP contribution in [-0.4, -0.2) is 23.2 Å². The van der Waals surface area contributed by atoms with Gasteiger partial charge in [-0.3, -0.25) is 0 Å². The Hall–Kier alpha value is -3.02. The van der Waals surface area contributed by atoms with Crippen LogP contribution >= 0.6 is 24.0 Å². The number of hydrogen-bond acceptors (Lipinski definition) is 4. The van der Waals surface area contributed by atoms with E-state index in [1.807, 2.05) is 54.6 Å². The number of halogens is 2. The molecule has 0 fully saturated rings. The first kappa shape index (κ1) is 22.7. The fraction of sp³-hybridized carbons (Fsp3) is 0.167. The number of aromatic nitrogens is 1. The highest BCUT2D eigenvalue weighted by atomic mass is 35.5. The minimum Gasteiger partial charge on any atom is -0.493 e. The summed E-state index contributed by atoms with van der Waals surface area (Å²) in [5.74, 6) is 0.254. The highest BCUT2D eigenvalue weighted by Crippen LogP contribution is 2.35. The monoisotopic (exact) mass is 457 g/mol. The number of pyridine rings is 1. The Balaban J connectivity index is 0.00000272. The molecule has 4 rings (SSSR count). The van der Waals surface area contributed by atoms with Crippen molar-refractivity contribution in [1.82, 2.24) is 4.98 Å². The molecule has 1 heterocycles. The number of methoxy groups -OCH3 is 1. The molecular formula is C24H21Cl2NO4. The second-order valence-electron chi connectivity index (χ2n) is 7.00. The lowest BCUT2D eigenvalue weighted by atomic mass is 10.1. The number of fused-ring (bicyclic) bond motifs is 1. The van der Waals surface area contributed by atoms with Crippen LogP contribution in [0.5, 0.6) is 11.5 Å². The van der Waals surface area contributed by atoms with Gasteiger partial charge in [0, 0.05) is 5.02 Å². The maximum absolute atomic E-state index is 11.2. The number of aryl methyl sites for hydroxylation is 1. The first-order valence-electron chi connectivity index (χ1n) is 9.53. The van der Waals surface area contributed by atoms with E-state index in [1.165, 1.54) is 0 Å². The Bertz CT molecular complexity index is 1130. The Kier molecular flexibility index (Phi) is 7.21. The van der Waals surface area contributed by atoms with Crippen LogP contribution in [0.1, 0.15) is 39.3 Å². The average Bonchev–Trinajstić information content (AvgIpc) is 3.15. The SMILES string of the molecule is COc1cc(/C=C2/CCc3ccc(C(=O)O)nc32)ccc1OCc1ccc(Cl)cc1.Cl. The zero-order valence-electron chi connectivity index (χ0n) is 16.8. The van der Waals surface area contributed by atoms with Crippen molar-refractivity contribution in [3.63, 3.8) is 0 Å². The highest BCUT2D eigenvalue weighted by molar-refractivity contribution is 6.30. The van der Waals surface area contributed by atoms with Crippen LogP contribution in [-0.2, 0) is 13.0 Å². The average molecular weight is 458 g/mol. The van der Waals surface area contributed by atoms with E-state index >= 15 is 0 Å². The van der Waals surface area contributed by atoms with Crippen LogP contribution in [0.25, 0.3) is 11.6 Å². The van der Waals surface area contributed by atoms with Crippen LogP contribution in [0.2, 0.25) is 5.02 Å². The van der Waals surface area contributed by atoms with Gasteiger partial charge in [-0.05, 0) is 71.5 Å². The van der Waals surface area contributed by atoms with Gasteiger partial charge in [0.1, 0.15) is 12.3 Å². The summed E-state index contributed by atoms with van der Waals surface area (Å²) >= 11 is 5.92. The van der Waals surface area contributed by atoms with Gasteiger partial charge in [0.25, 0.3) is 0 Å². The van der Waals surface area contributed by atoms with Crippen molar-refractivity contribution in [2.24, 2.45) is 0 Å². The summed E-state index contributed by atoms with van der Waals surface area (Å²) in [4.78, 5) is 15.6. The van der Waals surface area contributed by atoms with Gasteiger partial charge in [-0.25, -0.2) is 9.78 Å². The first-order valence-corrected chi connectivity index (χ1v) is 9.91. The highest BCUT2D eigenvalue weighted by Gasteiger charge is 2.20. The summed E-state index contributed by atoms with van der Waals surface area (Å²) in [6.07, 6.45) is 3.70. The molecule has 1 aliphatic carbocycles. The van der Waals surface area contributed by atoms with Crippen molar-refractivity contribution >= 4 is 41.6 Å². The number of carboxylic acid groups (broad SMARTS) is 1. The minimum absolute atomic E-state index is 0. The molecule has 7 heteroatoms. The zero-order chi connectivity index (χ0) is 21.1. The van der Waals surface area contributed by atoms with E-state index in [2.05, 4.69) is 4.98 Å². The molecule has 2 aromatic carbocycles. The molecule has 0 radical (unpaired) electrons. The number of aromatic carboxylic acids is 1. The van der Waals surface area contributed by atoms with Crippen molar-refractivity contribution in [3.8, 4) is 11.5 Å². The normalized spacial score (nSPS) is 13.4. The molecule has 1 aliphatic rings. The van der Waals surface area contributed by atoms with E-state index in [9.17, 15) is 9.90 Å². The number of carboxylic acids is 1. The second kappa shape index (κ2) is 9.86. The lowest BCUT2D eigenvalue weighted by Crippen LogP contribution is -2.02. The van der Waals surface area contributed by atoms with E-state index < -0.39 is 5.97 Å². The number of nitrogens with zero attached hydrogens (tertiary/aromatic N) is 1. The molecule has 0 saturated heterocycles. The topological polar surface area (TPSA) is 68.7 Å². The first-order chi connectivity index (χ1) is 14.5. The maximum atomic E-state index is 11.2.